The third-order valence-electron chi connectivity index (χ3n) is 3.84. The Hall–Kier alpha value is -0.278. The minimum atomic E-state index is -0.463. The maximum absolute atomic E-state index is 12.0. The summed E-state index contributed by atoms with van der Waals surface area (Å²) in [6.07, 6.45) is 2.29. The fourth-order valence-corrected chi connectivity index (χ4v) is 3.55. The van der Waals surface area contributed by atoms with Crippen LogP contribution in [-0.2, 0) is 9.47 Å². The zero-order valence-corrected chi connectivity index (χ0v) is 13.7. The molecule has 2 atom stereocenters. The lowest BCUT2D eigenvalue weighted by Gasteiger charge is -2.47. The van der Waals surface area contributed by atoms with E-state index in [1.54, 1.807) is 4.90 Å². The van der Waals surface area contributed by atoms with Crippen molar-refractivity contribution >= 4 is 22.4 Å². The molecule has 2 aliphatic rings. The molecule has 0 saturated carbocycles. The van der Waals surface area contributed by atoms with E-state index in [1.807, 2.05) is 20.8 Å². The van der Waals surface area contributed by atoms with Gasteiger partial charge in [0.2, 0.25) is 0 Å². The molecular formula is C14H24AlNO4. The van der Waals surface area contributed by atoms with Crippen LogP contribution >= 0.6 is 0 Å². The summed E-state index contributed by atoms with van der Waals surface area (Å²) in [7, 11) is 0. The van der Waals surface area contributed by atoms with Crippen molar-refractivity contribution in [3.63, 3.8) is 0 Å². The van der Waals surface area contributed by atoms with Crippen molar-refractivity contribution < 1.29 is 19.4 Å². The highest BCUT2D eigenvalue weighted by molar-refractivity contribution is 6.11. The molecule has 2 saturated heterocycles. The molecule has 0 aromatic heterocycles. The Morgan fingerprint density at radius 1 is 1.40 bits per heavy atom. The summed E-state index contributed by atoms with van der Waals surface area (Å²) < 4.78 is 11.4. The van der Waals surface area contributed by atoms with Gasteiger partial charge < -0.3 is 19.5 Å². The predicted molar refractivity (Wildman–Crippen MR) is 75.6 cm³/mol. The number of aliphatic hydroxyl groups is 1. The van der Waals surface area contributed by atoms with Crippen molar-refractivity contribution in [1.82, 2.24) is 4.90 Å². The number of piperidine rings is 1. The third-order valence-corrected chi connectivity index (χ3v) is 4.25. The van der Waals surface area contributed by atoms with Crippen molar-refractivity contribution in [1.29, 1.82) is 0 Å². The van der Waals surface area contributed by atoms with E-state index < -0.39 is 5.60 Å². The molecule has 2 aliphatic heterocycles. The Kier molecular flexibility index (Phi) is 4.70. The molecule has 1 amide bonds. The van der Waals surface area contributed by atoms with Crippen LogP contribution in [0, 0.1) is 0 Å². The average Bonchev–Trinajstić information content (AvgIpc) is 2.25. The minimum absolute atomic E-state index is 0.00632. The first kappa shape index (κ1) is 16.1. The highest BCUT2D eigenvalue weighted by atomic mass is 27.0. The first-order valence-corrected chi connectivity index (χ1v) is 7.95. The number of aliphatic hydroxyl groups excluding tert-OH is 1. The highest BCUT2D eigenvalue weighted by Gasteiger charge is 2.42. The summed E-state index contributed by atoms with van der Waals surface area (Å²) in [5.41, 5.74) is -0.739. The second-order valence-electron chi connectivity index (χ2n) is 6.90. The van der Waals surface area contributed by atoms with E-state index in [9.17, 15) is 9.90 Å². The molecule has 0 aromatic carbocycles. The van der Waals surface area contributed by atoms with Gasteiger partial charge in [-0.05, 0) is 45.0 Å². The van der Waals surface area contributed by atoms with Crippen LogP contribution in [0.3, 0.4) is 0 Å². The lowest BCUT2D eigenvalue weighted by atomic mass is 9.83. The van der Waals surface area contributed by atoms with Crippen LogP contribution in [0.25, 0.3) is 0 Å². The molecule has 2 heterocycles. The summed E-state index contributed by atoms with van der Waals surface area (Å²) in [5.74, 6) is 0. The molecule has 112 valence electrons. The topological polar surface area (TPSA) is 59.0 Å². The Labute approximate surface area is 129 Å². The van der Waals surface area contributed by atoms with Gasteiger partial charge in [0.15, 0.2) is 16.3 Å². The summed E-state index contributed by atoms with van der Waals surface area (Å²) >= 11 is 2.64. The van der Waals surface area contributed by atoms with E-state index in [0.717, 1.165) is 12.8 Å². The molecule has 5 nitrogen and oxygen atoms in total. The molecule has 0 bridgehead atoms. The van der Waals surface area contributed by atoms with Gasteiger partial charge >= 0.3 is 6.09 Å². The number of rotatable bonds is 0. The number of carbonyl (C=O) groups is 1. The van der Waals surface area contributed by atoms with Gasteiger partial charge in [-0.25, -0.2) is 4.79 Å². The van der Waals surface area contributed by atoms with Gasteiger partial charge in [0.05, 0.1) is 11.7 Å². The molecule has 2 radical (unpaired) electrons. The van der Waals surface area contributed by atoms with Crippen molar-refractivity contribution in [2.45, 2.75) is 68.7 Å². The van der Waals surface area contributed by atoms with Crippen LogP contribution in [0.2, 0.25) is 0 Å². The van der Waals surface area contributed by atoms with E-state index in [4.69, 9.17) is 9.47 Å². The van der Waals surface area contributed by atoms with Crippen LogP contribution < -0.4 is 0 Å². The van der Waals surface area contributed by atoms with Gasteiger partial charge in [0.25, 0.3) is 0 Å². The Morgan fingerprint density at radius 2 is 2.00 bits per heavy atom. The normalized spacial score (nSPS) is 30.3. The number of nitrogens with zero attached hydrogens (tertiary/aromatic N) is 1. The lowest BCUT2D eigenvalue weighted by molar-refractivity contribution is -0.156. The molecule has 1 spiro atoms. The summed E-state index contributed by atoms with van der Waals surface area (Å²) in [6.45, 7) is 6.86. The van der Waals surface area contributed by atoms with Crippen molar-refractivity contribution in [3.05, 3.63) is 0 Å². The molecule has 20 heavy (non-hydrogen) atoms. The fraction of sp³-hybridized carbons (Fsp3) is 0.929. The van der Waals surface area contributed by atoms with Crippen LogP contribution in [-0.4, -0.2) is 67.8 Å². The van der Waals surface area contributed by atoms with Crippen LogP contribution in [0.1, 0.15) is 46.5 Å². The number of hydrogen-bond donors (Lipinski definition) is 1. The van der Waals surface area contributed by atoms with Gasteiger partial charge in [-0.1, -0.05) is 0 Å². The second kappa shape index (κ2) is 5.84. The van der Waals surface area contributed by atoms with Gasteiger partial charge in [0, 0.05) is 19.5 Å². The maximum atomic E-state index is 12.0. The summed E-state index contributed by atoms with van der Waals surface area (Å²) in [5, 5.41) is 9.93. The van der Waals surface area contributed by atoms with Gasteiger partial charge in [-0.2, -0.15) is 0 Å². The number of amides is 1. The number of carbonyl (C=O) groups excluding carboxylic acids is 1. The average molecular weight is 297 g/mol. The molecule has 2 rings (SSSR count). The summed E-state index contributed by atoms with van der Waals surface area (Å²) in [6, 6.07) is 0. The van der Waals surface area contributed by atoms with Gasteiger partial charge in [-0.15, -0.1) is 0 Å². The van der Waals surface area contributed by atoms with E-state index in [0.29, 0.717) is 25.9 Å². The third kappa shape index (κ3) is 4.11. The maximum Gasteiger partial charge on any atom is 0.410 e. The zero-order chi connectivity index (χ0) is 15.0. The van der Waals surface area contributed by atoms with Crippen LogP contribution in [0.5, 0.6) is 0 Å². The highest BCUT2D eigenvalue weighted by Crippen LogP contribution is 2.37. The second-order valence-corrected chi connectivity index (χ2v) is 7.64. The SMILES string of the molecule is CC(C)(C)OC(=O)N1CCC2(CC1)CC(O)C[CH]([Al])O2. The van der Waals surface area contributed by atoms with Gasteiger partial charge in [-0.3, -0.25) is 0 Å². The Balaban J connectivity index is 1.90. The van der Waals surface area contributed by atoms with E-state index in [2.05, 4.69) is 16.3 Å². The smallest absolute Gasteiger partial charge is 0.410 e. The first-order valence-electron chi connectivity index (χ1n) is 7.29. The van der Waals surface area contributed by atoms with E-state index in [1.165, 1.54) is 0 Å². The Bertz CT molecular complexity index is 349. The first-order chi connectivity index (χ1) is 9.19. The molecular weight excluding hydrogens is 273 g/mol. The lowest BCUT2D eigenvalue weighted by Crippen LogP contribution is -2.54. The summed E-state index contributed by atoms with van der Waals surface area (Å²) in [4.78, 5) is 13.8. The molecule has 6 heteroatoms. The number of likely N-dealkylation sites (tertiary alicyclic amines) is 1. The largest absolute Gasteiger partial charge is 0.444 e. The minimum Gasteiger partial charge on any atom is -0.444 e. The van der Waals surface area contributed by atoms with Crippen LogP contribution in [0.15, 0.2) is 0 Å². The van der Waals surface area contributed by atoms with E-state index >= 15 is 0 Å². The van der Waals surface area contributed by atoms with Crippen molar-refractivity contribution in [2.24, 2.45) is 0 Å². The van der Waals surface area contributed by atoms with Crippen molar-refractivity contribution in [2.75, 3.05) is 13.1 Å². The molecule has 2 unspecified atom stereocenters. The molecule has 1 N–H and O–H groups in total. The predicted octanol–water partition coefficient (Wildman–Crippen LogP) is 1.42. The molecule has 0 aliphatic carbocycles. The molecule has 2 fully saturated rings. The van der Waals surface area contributed by atoms with Crippen molar-refractivity contribution in [3.8, 4) is 0 Å². The zero-order valence-electron chi connectivity index (χ0n) is 12.6. The monoisotopic (exact) mass is 297 g/mol. The standard InChI is InChI=1S/C14H24NO4.Al/c1-13(2,3)19-12(17)15-7-5-14(6-8-15)10-11(16)4-9-18-14;/h9,11,16H,4-8,10H2,1-3H3;. The molecule has 0 aromatic rings. The van der Waals surface area contributed by atoms with E-state index in [-0.39, 0.29) is 22.8 Å². The number of hydrogen-bond acceptors (Lipinski definition) is 4. The number of ether oxygens (including phenoxy) is 2. The Morgan fingerprint density at radius 3 is 2.50 bits per heavy atom. The fourth-order valence-electron chi connectivity index (χ4n) is 2.94. The van der Waals surface area contributed by atoms with Crippen LogP contribution in [0.4, 0.5) is 4.79 Å². The quantitative estimate of drug-likeness (QED) is 0.687. The van der Waals surface area contributed by atoms with Gasteiger partial charge in [0.1, 0.15) is 5.60 Å².